The summed E-state index contributed by atoms with van der Waals surface area (Å²) in [4.78, 5) is 0. The van der Waals surface area contributed by atoms with Gasteiger partial charge in [-0.1, -0.05) is 6.92 Å². The van der Waals surface area contributed by atoms with E-state index in [-0.39, 0.29) is 18.6 Å². The van der Waals surface area contributed by atoms with Crippen LogP contribution >= 0.6 is 0 Å². The van der Waals surface area contributed by atoms with E-state index in [0.29, 0.717) is 5.92 Å². The van der Waals surface area contributed by atoms with Gasteiger partial charge in [0.15, 0.2) is 0 Å². The highest BCUT2D eigenvalue weighted by molar-refractivity contribution is 4.84. The van der Waals surface area contributed by atoms with Crippen molar-refractivity contribution in [2.45, 2.75) is 25.8 Å². The van der Waals surface area contributed by atoms with Crippen molar-refractivity contribution < 1.29 is 4.39 Å². The Hall–Kier alpha value is -0.110. The van der Waals surface area contributed by atoms with Crippen LogP contribution < -0.4 is 5.73 Å². The summed E-state index contributed by atoms with van der Waals surface area (Å²) in [6, 6.07) is 0.130. The fraction of sp³-hybridized carbons (Fsp3) is 1.00. The lowest BCUT2D eigenvalue weighted by molar-refractivity contribution is 0.289. The monoisotopic (exact) mass is 131 g/mol. The first-order chi connectivity index (χ1) is 4.25. The van der Waals surface area contributed by atoms with Crippen molar-refractivity contribution in [3.63, 3.8) is 0 Å². The molecule has 2 heteroatoms. The Labute approximate surface area is 55.4 Å². The maximum absolute atomic E-state index is 12.1. The molecule has 0 heterocycles. The molecule has 0 aromatic heterocycles. The topological polar surface area (TPSA) is 26.0 Å². The Morgan fingerprint density at radius 2 is 2.22 bits per heavy atom. The summed E-state index contributed by atoms with van der Waals surface area (Å²) >= 11 is 0. The van der Waals surface area contributed by atoms with Crippen molar-refractivity contribution in [3.8, 4) is 0 Å². The van der Waals surface area contributed by atoms with E-state index < -0.39 is 0 Å². The van der Waals surface area contributed by atoms with Gasteiger partial charge in [-0.3, -0.25) is 4.39 Å². The highest BCUT2D eigenvalue weighted by Gasteiger charge is 2.30. The van der Waals surface area contributed by atoms with Gasteiger partial charge in [-0.2, -0.15) is 0 Å². The SMILES string of the molecule is C[C@@H]1CC[C@@H](N)[C@H]1CF. The zero-order valence-electron chi connectivity index (χ0n) is 5.81. The second-order valence-electron chi connectivity index (χ2n) is 3.04. The van der Waals surface area contributed by atoms with E-state index >= 15 is 0 Å². The van der Waals surface area contributed by atoms with Crippen LogP contribution in [-0.4, -0.2) is 12.7 Å². The van der Waals surface area contributed by atoms with Crippen molar-refractivity contribution >= 4 is 0 Å². The van der Waals surface area contributed by atoms with E-state index in [4.69, 9.17) is 5.73 Å². The Balaban J connectivity index is 2.44. The molecule has 3 atom stereocenters. The molecule has 1 saturated carbocycles. The molecule has 54 valence electrons. The quantitative estimate of drug-likeness (QED) is 0.570. The summed E-state index contributed by atoms with van der Waals surface area (Å²) in [5.41, 5.74) is 5.64. The first-order valence-corrected chi connectivity index (χ1v) is 3.57. The van der Waals surface area contributed by atoms with E-state index in [0.717, 1.165) is 12.8 Å². The molecule has 0 aliphatic heterocycles. The molecule has 9 heavy (non-hydrogen) atoms. The Bertz CT molecular complexity index is 84.9. The van der Waals surface area contributed by atoms with Crippen molar-refractivity contribution in [1.82, 2.24) is 0 Å². The fourth-order valence-corrected chi connectivity index (χ4v) is 1.57. The molecule has 2 N–H and O–H groups in total. The second kappa shape index (κ2) is 2.65. The molecule has 1 fully saturated rings. The first-order valence-electron chi connectivity index (χ1n) is 3.57. The van der Waals surface area contributed by atoms with Crippen molar-refractivity contribution in [3.05, 3.63) is 0 Å². The lowest BCUT2D eigenvalue weighted by Crippen LogP contribution is -2.28. The van der Waals surface area contributed by atoms with E-state index in [1.807, 2.05) is 0 Å². The van der Waals surface area contributed by atoms with Gasteiger partial charge in [-0.05, 0) is 18.8 Å². The van der Waals surface area contributed by atoms with Crippen LogP contribution in [-0.2, 0) is 0 Å². The number of hydrogen-bond acceptors (Lipinski definition) is 1. The van der Waals surface area contributed by atoms with E-state index in [9.17, 15) is 4.39 Å². The first kappa shape index (κ1) is 7.00. The Morgan fingerprint density at radius 3 is 2.44 bits per heavy atom. The summed E-state index contributed by atoms with van der Waals surface area (Å²) in [7, 11) is 0. The maximum atomic E-state index is 12.1. The zero-order valence-corrected chi connectivity index (χ0v) is 5.81. The normalized spacial score (nSPS) is 43.7. The van der Waals surface area contributed by atoms with Gasteiger partial charge in [0, 0.05) is 12.0 Å². The molecule has 0 radical (unpaired) electrons. The highest BCUT2D eigenvalue weighted by Crippen LogP contribution is 2.30. The van der Waals surface area contributed by atoms with Crippen LogP contribution in [0.4, 0.5) is 4.39 Å². The third-order valence-electron chi connectivity index (χ3n) is 2.41. The molecule has 0 amide bonds. The summed E-state index contributed by atoms with van der Waals surface area (Å²) in [6.07, 6.45) is 2.12. The van der Waals surface area contributed by atoms with Crippen LogP contribution in [0.3, 0.4) is 0 Å². The van der Waals surface area contributed by atoms with E-state index in [1.165, 1.54) is 0 Å². The zero-order chi connectivity index (χ0) is 6.85. The lowest BCUT2D eigenvalue weighted by Gasteiger charge is -2.14. The number of alkyl halides is 1. The van der Waals surface area contributed by atoms with E-state index in [2.05, 4.69) is 6.92 Å². The summed E-state index contributed by atoms with van der Waals surface area (Å²) in [5.74, 6) is 0.648. The molecule has 0 bridgehead atoms. The average Bonchev–Trinajstić information content (AvgIpc) is 2.12. The number of halogens is 1. The molecular formula is C7H14FN. The predicted molar refractivity (Wildman–Crippen MR) is 35.8 cm³/mol. The van der Waals surface area contributed by atoms with Crippen molar-refractivity contribution in [2.75, 3.05) is 6.67 Å². The van der Waals surface area contributed by atoms with Crippen LogP contribution in [0, 0.1) is 11.8 Å². The molecule has 0 saturated heterocycles. The molecule has 0 aromatic carbocycles. The number of rotatable bonds is 1. The molecule has 0 aromatic rings. The molecular weight excluding hydrogens is 117 g/mol. The third kappa shape index (κ3) is 1.23. The van der Waals surface area contributed by atoms with Gasteiger partial charge in [0.05, 0.1) is 6.67 Å². The van der Waals surface area contributed by atoms with Crippen LogP contribution in [0.2, 0.25) is 0 Å². The molecule has 0 unspecified atom stereocenters. The highest BCUT2D eigenvalue weighted by atomic mass is 19.1. The minimum atomic E-state index is -0.234. The average molecular weight is 131 g/mol. The van der Waals surface area contributed by atoms with Crippen LogP contribution in [0.15, 0.2) is 0 Å². The molecule has 0 spiro atoms. The molecule has 1 aliphatic rings. The Morgan fingerprint density at radius 1 is 1.56 bits per heavy atom. The Kier molecular flexibility index (Phi) is 2.06. The second-order valence-corrected chi connectivity index (χ2v) is 3.04. The van der Waals surface area contributed by atoms with Gasteiger partial charge in [0.25, 0.3) is 0 Å². The standard InChI is InChI=1S/C7H14FN/c1-5-2-3-7(9)6(5)4-8/h5-7H,2-4,9H2,1H3/t5-,6+,7-/m1/s1. The summed E-state index contributed by atoms with van der Waals surface area (Å²) in [5, 5.41) is 0. The molecule has 1 aliphatic carbocycles. The van der Waals surface area contributed by atoms with Crippen LogP contribution in [0.1, 0.15) is 19.8 Å². The third-order valence-corrected chi connectivity index (χ3v) is 2.41. The lowest BCUT2D eigenvalue weighted by atomic mass is 9.97. The van der Waals surface area contributed by atoms with Crippen LogP contribution in [0.25, 0.3) is 0 Å². The minimum Gasteiger partial charge on any atom is -0.327 e. The van der Waals surface area contributed by atoms with Crippen molar-refractivity contribution in [1.29, 1.82) is 0 Å². The van der Waals surface area contributed by atoms with E-state index in [1.54, 1.807) is 0 Å². The maximum Gasteiger partial charge on any atom is 0.0939 e. The molecule has 1 rings (SSSR count). The summed E-state index contributed by atoms with van der Waals surface area (Å²) in [6.45, 7) is 1.85. The van der Waals surface area contributed by atoms with Gasteiger partial charge in [-0.15, -0.1) is 0 Å². The smallest absolute Gasteiger partial charge is 0.0939 e. The number of hydrogen-bond donors (Lipinski definition) is 1. The van der Waals surface area contributed by atoms with Gasteiger partial charge in [-0.25, -0.2) is 0 Å². The van der Waals surface area contributed by atoms with Gasteiger partial charge in [0.2, 0.25) is 0 Å². The van der Waals surface area contributed by atoms with Gasteiger partial charge in [0.1, 0.15) is 0 Å². The molecule has 1 nitrogen and oxygen atoms in total. The minimum absolute atomic E-state index is 0.130. The van der Waals surface area contributed by atoms with Crippen molar-refractivity contribution in [2.24, 2.45) is 17.6 Å². The van der Waals surface area contributed by atoms with Gasteiger partial charge >= 0.3 is 0 Å². The fourth-order valence-electron chi connectivity index (χ4n) is 1.57. The number of nitrogens with two attached hydrogens (primary N) is 1. The van der Waals surface area contributed by atoms with Crippen LogP contribution in [0.5, 0.6) is 0 Å². The van der Waals surface area contributed by atoms with Gasteiger partial charge < -0.3 is 5.73 Å². The summed E-state index contributed by atoms with van der Waals surface area (Å²) < 4.78 is 12.1. The largest absolute Gasteiger partial charge is 0.327 e. The predicted octanol–water partition coefficient (Wildman–Crippen LogP) is 1.33.